The fourth-order valence-electron chi connectivity index (χ4n) is 6.36. The Bertz CT molecular complexity index is 2160. The fourth-order valence-corrected chi connectivity index (χ4v) is 6.71. The molecule has 0 spiro atoms. The predicted molar refractivity (Wildman–Crippen MR) is 179 cm³/mol. The number of aromatic nitrogens is 4. The molecule has 2 aromatic heterocycles. The Kier molecular flexibility index (Phi) is 8.08. The lowest BCUT2D eigenvalue weighted by molar-refractivity contribution is -0.137. The van der Waals surface area contributed by atoms with Crippen molar-refractivity contribution in [2.45, 2.75) is 45.4 Å². The van der Waals surface area contributed by atoms with Crippen molar-refractivity contribution in [1.82, 2.24) is 24.6 Å². The van der Waals surface area contributed by atoms with Gasteiger partial charge in [0, 0.05) is 47.8 Å². The van der Waals surface area contributed by atoms with Crippen molar-refractivity contribution in [3.05, 3.63) is 100 Å². The number of rotatable bonds is 7. The minimum atomic E-state index is -1.46. The van der Waals surface area contributed by atoms with Crippen molar-refractivity contribution in [2.24, 2.45) is 0 Å². The normalized spacial score (nSPS) is 16.8. The van der Waals surface area contributed by atoms with Crippen molar-refractivity contribution in [1.29, 1.82) is 0 Å². The number of carbonyl (C=O) groups is 3. The van der Waals surface area contributed by atoms with Crippen LogP contribution >= 0.6 is 11.6 Å². The van der Waals surface area contributed by atoms with E-state index >= 15 is 4.39 Å². The van der Waals surface area contributed by atoms with E-state index < -0.39 is 29.8 Å². The molecule has 7 rings (SSSR count). The van der Waals surface area contributed by atoms with Gasteiger partial charge in [0.05, 0.1) is 22.8 Å². The number of alkyl halides is 1. The van der Waals surface area contributed by atoms with E-state index in [1.54, 1.807) is 49.6 Å². The van der Waals surface area contributed by atoms with Gasteiger partial charge in [0.2, 0.25) is 11.8 Å². The number of carbonyl (C=O) groups excluding carboxylic acids is 3. The summed E-state index contributed by atoms with van der Waals surface area (Å²) in [5, 5.41) is 7.93. The summed E-state index contributed by atoms with van der Waals surface area (Å²) in [4.78, 5) is 49.3. The molecule has 9 nitrogen and oxygen atoms in total. The first-order valence-electron chi connectivity index (χ1n) is 15.4. The molecular formula is C36H29ClF2N6O3. The van der Waals surface area contributed by atoms with Gasteiger partial charge in [-0.3, -0.25) is 19.1 Å². The number of nitrogens with zero attached hydrogens (tertiary/aromatic N) is 5. The number of likely N-dealkylation sites (tertiary alicyclic amines) is 1. The molecule has 2 aliphatic rings. The van der Waals surface area contributed by atoms with Crippen molar-refractivity contribution in [2.75, 3.05) is 11.9 Å². The molecule has 1 N–H and O–H groups in total. The minimum Gasteiger partial charge on any atom is -0.326 e. The van der Waals surface area contributed by atoms with Gasteiger partial charge in [0.1, 0.15) is 30.3 Å². The highest BCUT2D eigenvalue weighted by Gasteiger charge is 2.40. The summed E-state index contributed by atoms with van der Waals surface area (Å²) in [5.41, 5.74) is 4.64. The molecule has 12 heteroatoms. The number of Topliss-reactive ketones (excluding diaryl/α,β-unsaturated/α-hetero) is 1. The highest BCUT2D eigenvalue weighted by molar-refractivity contribution is 6.35. The molecule has 3 heterocycles. The Morgan fingerprint density at radius 3 is 2.60 bits per heavy atom. The Hall–Kier alpha value is -5.29. The first-order chi connectivity index (χ1) is 23.1. The molecule has 2 atom stereocenters. The lowest BCUT2D eigenvalue weighted by Gasteiger charge is -2.24. The van der Waals surface area contributed by atoms with Gasteiger partial charge in [0.15, 0.2) is 11.6 Å². The van der Waals surface area contributed by atoms with Gasteiger partial charge in [0.25, 0.3) is 0 Å². The quantitative estimate of drug-likeness (QED) is 0.196. The number of benzene rings is 3. The lowest BCUT2D eigenvalue weighted by atomic mass is 9.99. The average molecular weight is 667 g/mol. The number of fused-ring (bicyclic) bond motifs is 2. The summed E-state index contributed by atoms with van der Waals surface area (Å²) >= 11 is 6.63. The second-order valence-corrected chi connectivity index (χ2v) is 12.3. The zero-order valence-corrected chi connectivity index (χ0v) is 26.8. The highest BCUT2D eigenvalue weighted by Crippen LogP contribution is 2.39. The number of hydrogen-bond acceptors (Lipinski definition) is 6. The minimum absolute atomic E-state index is 0.113. The van der Waals surface area contributed by atoms with E-state index in [-0.39, 0.29) is 42.2 Å². The van der Waals surface area contributed by atoms with Gasteiger partial charge in [-0.05, 0) is 48.2 Å². The molecule has 5 aromatic rings. The van der Waals surface area contributed by atoms with Crippen LogP contribution in [0.4, 0.5) is 14.5 Å². The van der Waals surface area contributed by atoms with Crippen LogP contribution in [0.5, 0.6) is 0 Å². The molecule has 0 unspecified atom stereocenters. The van der Waals surface area contributed by atoms with E-state index in [9.17, 15) is 18.8 Å². The van der Waals surface area contributed by atoms with Gasteiger partial charge in [-0.15, -0.1) is 0 Å². The third kappa shape index (κ3) is 5.64. The van der Waals surface area contributed by atoms with Crippen LogP contribution < -0.4 is 5.32 Å². The lowest BCUT2D eigenvalue weighted by Crippen LogP contribution is -2.44. The van der Waals surface area contributed by atoms with Crippen molar-refractivity contribution in [3.63, 3.8) is 0 Å². The number of allylic oxidation sites excluding steroid dienone is 1. The summed E-state index contributed by atoms with van der Waals surface area (Å²) in [7, 11) is 0. The van der Waals surface area contributed by atoms with Crippen molar-refractivity contribution in [3.8, 4) is 22.3 Å². The van der Waals surface area contributed by atoms with E-state index in [0.29, 0.717) is 27.3 Å². The smallest absolute Gasteiger partial charge is 0.247 e. The molecule has 1 saturated heterocycles. The Labute approximate surface area is 279 Å². The maximum Gasteiger partial charge on any atom is 0.247 e. The van der Waals surface area contributed by atoms with Crippen molar-refractivity contribution < 1.29 is 23.2 Å². The van der Waals surface area contributed by atoms with E-state index in [4.69, 9.17) is 11.6 Å². The first-order valence-corrected chi connectivity index (χ1v) is 15.8. The zero-order valence-electron chi connectivity index (χ0n) is 26.0. The molecule has 0 saturated carbocycles. The summed E-state index contributed by atoms with van der Waals surface area (Å²) < 4.78 is 32.0. The summed E-state index contributed by atoms with van der Waals surface area (Å²) in [5.74, 6) is -1.66. The summed E-state index contributed by atoms with van der Waals surface area (Å²) in [6.07, 6.45) is 6.28. The van der Waals surface area contributed by atoms with E-state index in [2.05, 4.69) is 20.4 Å². The molecule has 1 fully saturated rings. The predicted octanol–water partition coefficient (Wildman–Crippen LogP) is 6.61. The highest BCUT2D eigenvalue weighted by atomic mass is 35.5. The third-order valence-electron chi connectivity index (χ3n) is 8.80. The Morgan fingerprint density at radius 1 is 1.04 bits per heavy atom. The number of amides is 2. The second kappa shape index (κ2) is 12.4. The number of hydrogen-bond donors (Lipinski definition) is 1. The molecule has 0 bridgehead atoms. The number of halogens is 3. The largest absolute Gasteiger partial charge is 0.326 e. The maximum absolute atomic E-state index is 15.8. The van der Waals surface area contributed by atoms with Crippen LogP contribution in [0.3, 0.4) is 0 Å². The molecule has 1 aliphatic heterocycles. The Balaban J connectivity index is 1.13. The molecule has 2 amide bonds. The SMILES string of the molecule is CC(=O)c1nn(CC(=O)N2C[C@H](F)C[C@H]2C(=O)Nc2cccc(-c3ccc4c(c3Cl)C=CC4)c2F)c2ccc(-c3cnc(C)nc3)cc12. The third-order valence-corrected chi connectivity index (χ3v) is 9.20. The van der Waals surface area contributed by atoms with Crippen LogP contribution in [0.1, 0.15) is 40.8 Å². The average Bonchev–Trinajstić information content (AvgIpc) is 3.80. The van der Waals surface area contributed by atoms with Gasteiger partial charge in [-0.1, -0.05) is 54.1 Å². The molecule has 0 radical (unpaired) electrons. The van der Waals surface area contributed by atoms with Crippen LogP contribution in [-0.2, 0) is 22.6 Å². The molecule has 1 aliphatic carbocycles. The van der Waals surface area contributed by atoms with E-state index in [1.807, 2.05) is 24.3 Å². The van der Waals surface area contributed by atoms with E-state index in [0.717, 1.165) is 33.6 Å². The van der Waals surface area contributed by atoms with Crippen LogP contribution in [-0.4, -0.2) is 61.0 Å². The fraction of sp³-hybridized carbons (Fsp3) is 0.222. The Morgan fingerprint density at radius 2 is 1.83 bits per heavy atom. The topological polar surface area (TPSA) is 110 Å². The second-order valence-electron chi connectivity index (χ2n) is 12.0. The number of aryl methyl sites for hydroxylation is 1. The van der Waals surface area contributed by atoms with Crippen LogP contribution in [0.15, 0.2) is 67.0 Å². The monoisotopic (exact) mass is 666 g/mol. The number of nitrogens with one attached hydrogen (secondary N) is 1. The van der Waals surface area contributed by atoms with Crippen LogP contribution in [0.2, 0.25) is 5.02 Å². The summed E-state index contributed by atoms with van der Waals surface area (Å²) in [6, 6.07) is 12.4. The number of ketones is 1. The van der Waals surface area contributed by atoms with Crippen LogP contribution in [0.25, 0.3) is 39.2 Å². The van der Waals surface area contributed by atoms with Gasteiger partial charge < -0.3 is 10.2 Å². The zero-order chi connectivity index (χ0) is 33.7. The maximum atomic E-state index is 15.8. The standard InChI is InChI=1S/C36H29ClF2N6O3/c1-19(46)35-28-13-22(23-15-40-20(2)41-16-23)10-12-30(28)45(43-35)18-32(47)44-17-24(38)14-31(44)36(48)42-29-8-4-7-27(34(29)39)26-11-9-21-5-3-6-25(21)33(26)37/h3-4,6-13,15-16,24,31H,5,14,17-18H2,1-2H3,(H,42,48)/t24-,31+/m1/s1. The molecule has 48 heavy (non-hydrogen) atoms. The van der Waals surface area contributed by atoms with Gasteiger partial charge >= 0.3 is 0 Å². The van der Waals surface area contributed by atoms with Gasteiger partial charge in [-0.2, -0.15) is 5.10 Å². The van der Waals surface area contributed by atoms with Crippen molar-refractivity contribution >= 4 is 51.9 Å². The van der Waals surface area contributed by atoms with Gasteiger partial charge in [-0.25, -0.2) is 18.7 Å². The number of anilines is 1. The first kappa shape index (κ1) is 31.3. The molecular weight excluding hydrogens is 638 g/mol. The summed E-state index contributed by atoms with van der Waals surface area (Å²) in [6.45, 7) is 2.51. The van der Waals surface area contributed by atoms with Crippen LogP contribution in [0, 0.1) is 12.7 Å². The molecule has 242 valence electrons. The molecule has 3 aromatic carbocycles. The van der Waals surface area contributed by atoms with E-state index in [1.165, 1.54) is 17.7 Å².